The number of benzene rings is 2. The Bertz CT molecular complexity index is 896. The molecule has 1 amide bonds. The summed E-state index contributed by atoms with van der Waals surface area (Å²) in [4.78, 5) is 35.1. The van der Waals surface area contributed by atoms with Crippen molar-refractivity contribution in [1.29, 1.82) is 0 Å². The topological polar surface area (TPSA) is 108 Å². The molecule has 2 aromatic carbocycles. The standard InChI is InChI=1S/C19H18N2O6S/c1-26-17-9-6-14(21(24)25)11-16(17)20-18(22)12-27-19(23)10-5-13-3-7-15(28-2)8-4-13/h3-11H,12H2,1-2H3,(H,20,22)/b10-5+. The van der Waals surface area contributed by atoms with Crippen LogP contribution < -0.4 is 10.1 Å². The van der Waals surface area contributed by atoms with Crippen molar-refractivity contribution in [3.63, 3.8) is 0 Å². The predicted molar refractivity (Wildman–Crippen MR) is 106 cm³/mol. The van der Waals surface area contributed by atoms with Crippen LogP contribution >= 0.6 is 11.8 Å². The predicted octanol–water partition coefficient (Wildman–Crippen LogP) is 3.52. The number of anilines is 1. The first-order valence-electron chi connectivity index (χ1n) is 8.04. The number of hydrogen-bond acceptors (Lipinski definition) is 7. The van der Waals surface area contributed by atoms with Gasteiger partial charge in [0.1, 0.15) is 5.75 Å². The molecule has 2 rings (SSSR count). The van der Waals surface area contributed by atoms with Gasteiger partial charge in [-0.25, -0.2) is 4.79 Å². The van der Waals surface area contributed by atoms with E-state index in [4.69, 9.17) is 9.47 Å². The molecule has 0 saturated carbocycles. The van der Waals surface area contributed by atoms with Crippen molar-refractivity contribution in [2.24, 2.45) is 0 Å². The molecule has 9 heteroatoms. The summed E-state index contributed by atoms with van der Waals surface area (Å²) in [5.41, 5.74) is 0.728. The number of rotatable bonds is 8. The summed E-state index contributed by atoms with van der Waals surface area (Å²) in [7, 11) is 1.37. The second-order valence-electron chi connectivity index (χ2n) is 5.40. The zero-order chi connectivity index (χ0) is 20.5. The van der Waals surface area contributed by atoms with Crippen LogP contribution in [0, 0.1) is 10.1 Å². The first-order valence-corrected chi connectivity index (χ1v) is 9.26. The second-order valence-corrected chi connectivity index (χ2v) is 6.28. The lowest BCUT2D eigenvalue weighted by atomic mass is 10.2. The van der Waals surface area contributed by atoms with E-state index in [2.05, 4.69) is 5.32 Å². The van der Waals surface area contributed by atoms with Gasteiger partial charge in [-0.1, -0.05) is 12.1 Å². The number of methoxy groups -OCH3 is 1. The molecule has 0 bridgehead atoms. The molecular weight excluding hydrogens is 384 g/mol. The highest BCUT2D eigenvalue weighted by atomic mass is 32.2. The van der Waals surface area contributed by atoms with Crippen LogP contribution in [-0.2, 0) is 14.3 Å². The third kappa shape index (κ3) is 6.13. The molecule has 0 aliphatic heterocycles. The molecule has 0 aliphatic carbocycles. The molecule has 2 aromatic rings. The van der Waals surface area contributed by atoms with E-state index in [1.807, 2.05) is 30.5 Å². The molecule has 8 nitrogen and oxygen atoms in total. The van der Waals surface area contributed by atoms with E-state index in [0.717, 1.165) is 16.5 Å². The van der Waals surface area contributed by atoms with E-state index in [1.165, 1.54) is 25.3 Å². The van der Waals surface area contributed by atoms with E-state index in [9.17, 15) is 19.7 Å². The summed E-state index contributed by atoms with van der Waals surface area (Å²) in [6.07, 6.45) is 4.76. The van der Waals surface area contributed by atoms with Gasteiger partial charge >= 0.3 is 5.97 Å². The maximum Gasteiger partial charge on any atom is 0.331 e. The molecule has 0 radical (unpaired) electrons. The minimum atomic E-state index is -0.685. The first kappa shape index (κ1) is 21.0. The molecule has 0 spiro atoms. The van der Waals surface area contributed by atoms with Gasteiger partial charge in [-0.05, 0) is 36.1 Å². The number of non-ortho nitro benzene ring substituents is 1. The Morgan fingerprint density at radius 1 is 1.21 bits per heavy atom. The van der Waals surface area contributed by atoms with Crippen LogP contribution in [0.3, 0.4) is 0 Å². The van der Waals surface area contributed by atoms with Crippen molar-refractivity contribution in [1.82, 2.24) is 0 Å². The Morgan fingerprint density at radius 2 is 1.93 bits per heavy atom. The maximum atomic E-state index is 12.0. The van der Waals surface area contributed by atoms with E-state index in [0.29, 0.717) is 0 Å². The van der Waals surface area contributed by atoms with E-state index < -0.39 is 23.4 Å². The lowest BCUT2D eigenvalue weighted by Gasteiger charge is -2.09. The normalized spacial score (nSPS) is 10.5. The highest BCUT2D eigenvalue weighted by Gasteiger charge is 2.14. The average molecular weight is 402 g/mol. The van der Waals surface area contributed by atoms with Gasteiger partial charge in [0.25, 0.3) is 11.6 Å². The number of carbonyl (C=O) groups excluding carboxylic acids is 2. The van der Waals surface area contributed by atoms with Crippen LogP contribution in [0.25, 0.3) is 6.08 Å². The molecule has 0 aromatic heterocycles. The highest BCUT2D eigenvalue weighted by molar-refractivity contribution is 7.98. The number of thioether (sulfide) groups is 1. The molecule has 0 aliphatic rings. The van der Waals surface area contributed by atoms with Crippen molar-refractivity contribution >= 4 is 41.1 Å². The fourth-order valence-corrected chi connectivity index (χ4v) is 2.57. The van der Waals surface area contributed by atoms with Gasteiger partial charge in [-0.15, -0.1) is 11.8 Å². The molecular formula is C19H18N2O6S. The zero-order valence-corrected chi connectivity index (χ0v) is 16.0. The third-order valence-corrected chi connectivity index (χ3v) is 4.28. The van der Waals surface area contributed by atoms with Gasteiger partial charge in [0, 0.05) is 23.1 Å². The molecule has 28 heavy (non-hydrogen) atoms. The number of nitrogens with one attached hydrogen (secondary N) is 1. The van der Waals surface area contributed by atoms with Crippen LogP contribution in [0.5, 0.6) is 5.75 Å². The molecule has 0 atom stereocenters. The van der Waals surface area contributed by atoms with Crippen LogP contribution in [0.2, 0.25) is 0 Å². The number of nitro benzene ring substituents is 1. The summed E-state index contributed by atoms with van der Waals surface area (Å²) < 4.78 is 9.93. The molecule has 0 heterocycles. The van der Waals surface area contributed by atoms with Crippen LogP contribution in [0.4, 0.5) is 11.4 Å². The van der Waals surface area contributed by atoms with E-state index in [-0.39, 0.29) is 17.1 Å². The number of amides is 1. The largest absolute Gasteiger partial charge is 0.495 e. The Morgan fingerprint density at radius 3 is 2.54 bits per heavy atom. The number of nitrogens with zero attached hydrogens (tertiary/aromatic N) is 1. The smallest absolute Gasteiger partial charge is 0.331 e. The minimum Gasteiger partial charge on any atom is -0.495 e. The van der Waals surface area contributed by atoms with Crippen LogP contribution in [0.15, 0.2) is 53.4 Å². The van der Waals surface area contributed by atoms with E-state index >= 15 is 0 Å². The summed E-state index contributed by atoms with van der Waals surface area (Å²) >= 11 is 1.61. The molecule has 0 unspecified atom stereocenters. The minimum absolute atomic E-state index is 0.113. The average Bonchev–Trinajstić information content (AvgIpc) is 2.71. The molecule has 0 saturated heterocycles. The quantitative estimate of drug-likeness (QED) is 0.237. The number of ether oxygens (including phenoxy) is 2. The highest BCUT2D eigenvalue weighted by Crippen LogP contribution is 2.28. The summed E-state index contributed by atoms with van der Waals surface area (Å²) in [6, 6.07) is 11.4. The van der Waals surface area contributed by atoms with E-state index in [1.54, 1.807) is 17.8 Å². The second kappa shape index (κ2) is 10.1. The van der Waals surface area contributed by atoms with Gasteiger partial charge in [0.15, 0.2) is 6.61 Å². The summed E-state index contributed by atoms with van der Waals surface area (Å²) in [6.45, 7) is -0.541. The molecule has 0 fully saturated rings. The van der Waals surface area contributed by atoms with Crippen molar-refractivity contribution in [3.8, 4) is 5.75 Å². The molecule has 146 valence electrons. The maximum absolute atomic E-state index is 12.0. The fraction of sp³-hybridized carbons (Fsp3) is 0.158. The fourth-order valence-electron chi connectivity index (χ4n) is 2.16. The zero-order valence-electron chi connectivity index (χ0n) is 15.2. The van der Waals surface area contributed by atoms with Crippen LogP contribution in [-0.4, -0.2) is 36.8 Å². The number of carbonyl (C=O) groups is 2. The Kier molecular flexibility index (Phi) is 7.58. The number of esters is 1. The first-order chi connectivity index (χ1) is 13.4. The summed E-state index contributed by atoms with van der Waals surface area (Å²) in [5, 5.41) is 13.3. The van der Waals surface area contributed by atoms with Gasteiger partial charge in [-0.3, -0.25) is 14.9 Å². The van der Waals surface area contributed by atoms with Gasteiger partial charge in [0.05, 0.1) is 17.7 Å². The number of nitro groups is 1. The molecule has 1 N–H and O–H groups in total. The SMILES string of the molecule is COc1ccc([N+](=O)[O-])cc1NC(=O)COC(=O)/C=C/c1ccc(SC)cc1. The third-order valence-electron chi connectivity index (χ3n) is 3.54. The monoisotopic (exact) mass is 402 g/mol. The van der Waals surface area contributed by atoms with Crippen molar-refractivity contribution in [3.05, 3.63) is 64.2 Å². The van der Waals surface area contributed by atoms with Crippen molar-refractivity contribution in [2.75, 3.05) is 25.3 Å². The Hall–Kier alpha value is -3.33. The van der Waals surface area contributed by atoms with Crippen LogP contribution in [0.1, 0.15) is 5.56 Å². The lowest BCUT2D eigenvalue weighted by Crippen LogP contribution is -2.20. The van der Waals surface area contributed by atoms with Crippen molar-refractivity contribution < 1.29 is 24.0 Å². The number of hydrogen-bond donors (Lipinski definition) is 1. The van der Waals surface area contributed by atoms with Gasteiger partial charge in [0.2, 0.25) is 0 Å². The summed E-state index contributed by atoms with van der Waals surface area (Å²) in [5.74, 6) is -1.08. The van der Waals surface area contributed by atoms with Gasteiger partial charge < -0.3 is 14.8 Å². The Labute approximate surface area is 165 Å². The van der Waals surface area contributed by atoms with Crippen molar-refractivity contribution in [2.45, 2.75) is 4.90 Å². The van der Waals surface area contributed by atoms with Gasteiger partial charge in [-0.2, -0.15) is 0 Å². The lowest BCUT2D eigenvalue weighted by molar-refractivity contribution is -0.384. The Balaban J connectivity index is 1.91.